The fourth-order valence-electron chi connectivity index (χ4n) is 3.21. The topological polar surface area (TPSA) is 105 Å². The molecule has 160 valence electrons. The molecule has 32 heavy (non-hydrogen) atoms. The summed E-state index contributed by atoms with van der Waals surface area (Å²) in [6, 6.07) is 10.5. The number of aromatic amines is 1. The van der Waals surface area contributed by atoms with Gasteiger partial charge in [0.15, 0.2) is 5.82 Å². The van der Waals surface area contributed by atoms with Crippen LogP contribution in [-0.4, -0.2) is 29.2 Å². The summed E-state index contributed by atoms with van der Waals surface area (Å²) in [5.41, 5.74) is 0.0960. The van der Waals surface area contributed by atoms with E-state index in [1.54, 1.807) is 18.2 Å². The molecule has 0 amide bonds. The minimum atomic E-state index is -1.31. The van der Waals surface area contributed by atoms with E-state index in [1.165, 1.54) is 25.3 Å². The average molecular weight is 517 g/mol. The summed E-state index contributed by atoms with van der Waals surface area (Å²) in [4.78, 5) is 31.8. The zero-order valence-electron chi connectivity index (χ0n) is 16.3. The van der Waals surface area contributed by atoms with Gasteiger partial charge in [-0.1, -0.05) is 27.5 Å². The molecule has 1 atom stereocenters. The van der Waals surface area contributed by atoms with Gasteiger partial charge in [0.2, 0.25) is 6.10 Å². The van der Waals surface area contributed by atoms with Crippen LogP contribution in [0.4, 0.5) is 4.39 Å². The van der Waals surface area contributed by atoms with Gasteiger partial charge >= 0.3 is 5.97 Å². The summed E-state index contributed by atoms with van der Waals surface area (Å²) in [5.74, 6) is -1.17. The zero-order chi connectivity index (χ0) is 23.0. The molecule has 0 aliphatic carbocycles. The fraction of sp³-hybridized carbons (Fsp3) is 0.0909. The first-order valence-corrected chi connectivity index (χ1v) is 10.2. The van der Waals surface area contributed by atoms with E-state index in [9.17, 15) is 19.2 Å². The van der Waals surface area contributed by atoms with Gasteiger partial charge < -0.3 is 14.5 Å². The summed E-state index contributed by atoms with van der Waals surface area (Å²) in [5, 5.41) is 10.1. The van der Waals surface area contributed by atoms with Crippen molar-refractivity contribution in [1.29, 1.82) is 5.26 Å². The monoisotopic (exact) mass is 515 g/mol. The quantitative estimate of drug-likeness (QED) is 0.411. The smallest absolute Gasteiger partial charge is 0.351 e. The number of rotatable bonds is 3. The SMILES string of the molecule is COC(=O)C1Oc2ccc(F)cc2C(Cl)=C1/C=C(/C#N)c1nc2ccc(Br)cc2c(=O)[nH]1. The maximum absolute atomic E-state index is 13.8. The van der Waals surface area contributed by atoms with Crippen molar-refractivity contribution in [2.45, 2.75) is 6.10 Å². The van der Waals surface area contributed by atoms with Crippen LogP contribution in [-0.2, 0) is 9.53 Å². The van der Waals surface area contributed by atoms with Gasteiger partial charge in [0.1, 0.15) is 17.6 Å². The Balaban J connectivity index is 1.92. The predicted octanol–water partition coefficient (Wildman–Crippen LogP) is 4.32. The second-order valence-corrected chi connectivity index (χ2v) is 7.97. The van der Waals surface area contributed by atoms with Crippen molar-refractivity contribution in [2.24, 2.45) is 0 Å². The Kier molecular flexibility index (Phi) is 5.82. The molecule has 10 heteroatoms. The molecule has 0 saturated carbocycles. The molecule has 1 unspecified atom stereocenters. The van der Waals surface area contributed by atoms with Crippen LogP contribution < -0.4 is 10.3 Å². The van der Waals surface area contributed by atoms with Gasteiger partial charge in [-0.2, -0.15) is 5.26 Å². The third-order valence-electron chi connectivity index (χ3n) is 4.72. The minimum Gasteiger partial charge on any atom is -0.473 e. The highest BCUT2D eigenvalue weighted by molar-refractivity contribution is 9.10. The third-order valence-corrected chi connectivity index (χ3v) is 5.63. The lowest BCUT2D eigenvalue weighted by atomic mass is 9.98. The molecule has 7 nitrogen and oxygen atoms in total. The van der Waals surface area contributed by atoms with E-state index < -0.39 is 23.4 Å². The summed E-state index contributed by atoms with van der Waals surface area (Å²) >= 11 is 9.78. The number of esters is 1. The van der Waals surface area contributed by atoms with E-state index in [2.05, 4.69) is 25.9 Å². The van der Waals surface area contributed by atoms with E-state index in [0.717, 1.165) is 6.07 Å². The largest absolute Gasteiger partial charge is 0.473 e. The Morgan fingerprint density at radius 2 is 2.16 bits per heavy atom. The van der Waals surface area contributed by atoms with Crippen LogP contribution in [0, 0.1) is 17.1 Å². The van der Waals surface area contributed by atoms with Crippen molar-refractivity contribution < 1.29 is 18.7 Å². The number of hydrogen-bond donors (Lipinski definition) is 1. The van der Waals surface area contributed by atoms with Crippen molar-refractivity contribution >= 4 is 55.0 Å². The molecule has 2 aromatic carbocycles. The molecule has 1 aromatic heterocycles. The van der Waals surface area contributed by atoms with Crippen LogP contribution in [0.15, 0.2) is 57.3 Å². The highest BCUT2D eigenvalue weighted by Gasteiger charge is 2.34. The second-order valence-electron chi connectivity index (χ2n) is 6.68. The van der Waals surface area contributed by atoms with Gasteiger partial charge in [0.25, 0.3) is 5.56 Å². The number of methoxy groups -OCH3 is 1. The van der Waals surface area contributed by atoms with Crippen LogP contribution >= 0.6 is 27.5 Å². The maximum atomic E-state index is 13.8. The van der Waals surface area contributed by atoms with Gasteiger partial charge in [-0.3, -0.25) is 4.79 Å². The van der Waals surface area contributed by atoms with Gasteiger partial charge in [-0.05, 0) is 42.5 Å². The highest BCUT2D eigenvalue weighted by Crippen LogP contribution is 2.40. The molecule has 1 N–H and O–H groups in total. The Morgan fingerprint density at radius 1 is 1.38 bits per heavy atom. The molecule has 0 fully saturated rings. The third kappa shape index (κ3) is 3.90. The number of carbonyl (C=O) groups is 1. The van der Waals surface area contributed by atoms with E-state index in [-0.39, 0.29) is 33.3 Å². The van der Waals surface area contributed by atoms with Crippen LogP contribution in [0.2, 0.25) is 0 Å². The molecule has 4 rings (SSSR count). The zero-order valence-corrected chi connectivity index (χ0v) is 18.6. The summed E-state index contributed by atoms with van der Waals surface area (Å²) in [6.07, 6.45) is -0.0438. The van der Waals surface area contributed by atoms with Crippen molar-refractivity contribution in [1.82, 2.24) is 9.97 Å². The molecule has 0 spiro atoms. The fourth-order valence-corrected chi connectivity index (χ4v) is 3.87. The minimum absolute atomic E-state index is 0.000895. The van der Waals surface area contributed by atoms with Crippen molar-refractivity contribution in [3.63, 3.8) is 0 Å². The number of benzene rings is 2. The van der Waals surface area contributed by atoms with Crippen molar-refractivity contribution in [3.05, 3.63) is 80.1 Å². The van der Waals surface area contributed by atoms with Crippen LogP contribution in [0.3, 0.4) is 0 Å². The lowest BCUT2D eigenvalue weighted by Gasteiger charge is -2.26. The lowest BCUT2D eigenvalue weighted by molar-refractivity contribution is -0.146. The van der Waals surface area contributed by atoms with E-state index >= 15 is 0 Å². The Hall–Kier alpha value is -3.48. The number of halogens is 3. The number of nitriles is 1. The normalized spacial score (nSPS) is 15.7. The molecular weight excluding hydrogens is 505 g/mol. The first-order valence-electron chi connectivity index (χ1n) is 9.08. The number of nitrogens with zero attached hydrogens (tertiary/aromatic N) is 2. The number of allylic oxidation sites excluding steroid dienone is 1. The second kappa shape index (κ2) is 8.57. The highest BCUT2D eigenvalue weighted by atomic mass is 79.9. The molecule has 0 bridgehead atoms. The van der Waals surface area contributed by atoms with Crippen LogP contribution in [0.5, 0.6) is 5.75 Å². The van der Waals surface area contributed by atoms with E-state index in [1.807, 2.05) is 6.07 Å². The summed E-state index contributed by atoms with van der Waals surface area (Å²) in [6.45, 7) is 0. The number of fused-ring (bicyclic) bond motifs is 2. The number of H-pyrrole nitrogens is 1. The first-order chi connectivity index (χ1) is 15.3. The molecular formula is C22H12BrClFN3O4. The van der Waals surface area contributed by atoms with E-state index in [4.69, 9.17) is 21.1 Å². The molecule has 1 aliphatic rings. The lowest BCUT2D eigenvalue weighted by Crippen LogP contribution is -2.33. The number of ether oxygens (including phenoxy) is 2. The van der Waals surface area contributed by atoms with Crippen LogP contribution in [0.25, 0.3) is 21.5 Å². The summed E-state index contributed by atoms with van der Waals surface area (Å²) < 4.78 is 25.0. The Bertz CT molecular complexity index is 1440. The number of nitrogens with one attached hydrogen (secondary N) is 1. The maximum Gasteiger partial charge on any atom is 0.351 e. The standard InChI is InChI=1S/C22H12BrClFN3O4/c1-31-22(30)19-15(18(24)14-8-12(25)3-5-17(14)32-19)6-10(9-26)20-27-16-4-2-11(23)7-13(16)21(29)28-20/h2-8,19H,1H3,(H,27,28,29)/b10-6-. The van der Waals surface area contributed by atoms with E-state index in [0.29, 0.717) is 15.4 Å². The molecule has 0 radical (unpaired) electrons. The van der Waals surface area contributed by atoms with Crippen LogP contribution in [0.1, 0.15) is 11.4 Å². The number of hydrogen-bond acceptors (Lipinski definition) is 6. The number of carbonyl (C=O) groups excluding carboxylic acids is 1. The summed E-state index contributed by atoms with van der Waals surface area (Å²) in [7, 11) is 1.17. The molecule has 3 aromatic rings. The van der Waals surface area contributed by atoms with Gasteiger partial charge in [0.05, 0.1) is 28.6 Å². The number of aromatic nitrogens is 2. The van der Waals surface area contributed by atoms with Crippen molar-refractivity contribution in [3.8, 4) is 11.8 Å². The predicted molar refractivity (Wildman–Crippen MR) is 119 cm³/mol. The Labute approximate surface area is 193 Å². The molecule has 1 aliphatic heterocycles. The molecule has 2 heterocycles. The average Bonchev–Trinajstić information content (AvgIpc) is 2.78. The van der Waals surface area contributed by atoms with Gasteiger partial charge in [0, 0.05) is 15.6 Å². The first kappa shape index (κ1) is 21.7. The van der Waals surface area contributed by atoms with Crippen molar-refractivity contribution in [2.75, 3.05) is 7.11 Å². The van der Waals surface area contributed by atoms with Gasteiger partial charge in [-0.15, -0.1) is 0 Å². The molecule has 0 saturated heterocycles. The van der Waals surface area contributed by atoms with Gasteiger partial charge in [-0.25, -0.2) is 14.2 Å². The Morgan fingerprint density at radius 3 is 2.88 bits per heavy atom.